The minimum Gasteiger partial charge on any atom is -0.436 e. The number of benzene rings is 2. The molecule has 2 heterocycles. The van der Waals surface area contributed by atoms with E-state index in [9.17, 15) is 19.1 Å². The Labute approximate surface area is 171 Å². The molecule has 1 aliphatic carbocycles. The minimum atomic E-state index is -1.17. The van der Waals surface area contributed by atoms with E-state index < -0.39 is 5.60 Å². The topological polar surface area (TPSA) is 86.9 Å². The smallest absolute Gasteiger partial charge is 0.254 e. The molecule has 1 saturated heterocycles. The number of amides is 2. The van der Waals surface area contributed by atoms with Crippen molar-refractivity contribution in [1.29, 1.82) is 0 Å². The highest BCUT2D eigenvalue weighted by molar-refractivity contribution is 5.95. The SMILES string of the molecule is O=C(c1ccc(-c2nc3cc(F)ccc3o2)cc1)N1CCN(C(=O)C2(O)CC2)CC1. The van der Waals surface area contributed by atoms with Crippen molar-refractivity contribution < 1.29 is 23.5 Å². The number of carbonyl (C=O) groups excluding carboxylic acids is 2. The van der Waals surface area contributed by atoms with Crippen LogP contribution >= 0.6 is 0 Å². The summed E-state index contributed by atoms with van der Waals surface area (Å²) in [5, 5.41) is 9.98. The van der Waals surface area contributed by atoms with Crippen molar-refractivity contribution in [3.63, 3.8) is 0 Å². The molecule has 2 amide bonds. The molecule has 8 heteroatoms. The number of hydrogen-bond donors (Lipinski definition) is 1. The first-order valence-corrected chi connectivity index (χ1v) is 9.90. The van der Waals surface area contributed by atoms with Crippen LogP contribution in [0, 0.1) is 5.82 Å². The summed E-state index contributed by atoms with van der Waals surface area (Å²) < 4.78 is 19.0. The fraction of sp³-hybridized carbons (Fsp3) is 0.318. The van der Waals surface area contributed by atoms with Gasteiger partial charge in [0, 0.05) is 43.4 Å². The van der Waals surface area contributed by atoms with E-state index in [-0.39, 0.29) is 17.6 Å². The summed E-state index contributed by atoms with van der Waals surface area (Å²) in [6.07, 6.45) is 1.04. The van der Waals surface area contributed by atoms with Gasteiger partial charge in [0.15, 0.2) is 5.58 Å². The van der Waals surface area contributed by atoms with E-state index in [0.717, 1.165) is 0 Å². The average Bonchev–Trinajstić information content (AvgIpc) is 3.38. The Hall–Kier alpha value is -3.26. The van der Waals surface area contributed by atoms with Gasteiger partial charge in [0.2, 0.25) is 5.89 Å². The molecule has 2 fully saturated rings. The van der Waals surface area contributed by atoms with Crippen molar-refractivity contribution in [2.45, 2.75) is 18.4 Å². The van der Waals surface area contributed by atoms with Crippen LogP contribution < -0.4 is 0 Å². The third-order valence-electron chi connectivity index (χ3n) is 5.70. The molecule has 1 aromatic heterocycles. The van der Waals surface area contributed by atoms with Gasteiger partial charge < -0.3 is 19.3 Å². The summed E-state index contributed by atoms with van der Waals surface area (Å²) >= 11 is 0. The maximum absolute atomic E-state index is 13.3. The van der Waals surface area contributed by atoms with Crippen LogP contribution in [-0.2, 0) is 4.79 Å². The molecule has 2 aromatic carbocycles. The molecule has 0 spiro atoms. The molecule has 2 aliphatic rings. The van der Waals surface area contributed by atoms with Crippen LogP contribution in [0.2, 0.25) is 0 Å². The van der Waals surface area contributed by atoms with Gasteiger partial charge in [-0.2, -0.15) is 0 Å². The number of hydrogen-bond acceptors (Lipinski definition) is 5. The molecule has 0 radical (unpaired) electrons. The van der Waals surface area contributed by atoms with Gasteiger partial charge >= 0.3 is 0 Å². The highest BCUT2D eigenvalue weighted by atomic mass is 19.1. The lowest BCUT2D eigenvalue weighted by atomic mass is 10.1. The predicted octanol–water partition coefficient (Wildman–Crippen LogP) is 2.44. The number of fused-ring (bicyclic) bond motifs is 1. The number of halogens is 1. The molecule has 30 heavy (non-hydrogen) atoms. The standard InChI is InChI=1S/C22H20FN3O4/c23-16-5-6-18-17(13-16)24-19(30-18)14-1-3-15(4-2-14)20(27)25-9-11-26(12-10-25)21(28)22(29)7-8-22/h1-6,13,29H,7-12H2. The van der Waals surface area contributed by atoms with Crippen LogP contribution in [0.25, 0.3) is 22.6 Å². The molecule has 154 valence electrons. The van der Waals surface area contributed by atoms with Gasteiger partial charge in [0.05, 0.1) is 0 Å². The lowest BCUT2D eigenvalue weighted by Gasteiger charge is -2.35. The third kappa shape index (κ3) is 3.33. The Kier molecular flexibility index (Phi) is 4.32. The number of carbonyl (C=O) groups is 2. The van der Waals surface area contributed by atoms with Crippen LogP contribution in [-0.4, -0.2) is 63.5 Å². The second-order valence-corrected chi connectivity index (χ2v) is 7.82. The van der Waals surface area contributed by atoms with Crippen molar-refractivity contribution in [3.8, 4) is 11.5 Å². The highest BCUT2D eigenvalue weighted by Gasteiger charge is 2.50. The average molecular weight is 409 g/mol. The van der Waals surface area contributed by atoms with Gasteiger partial charge in [-0.1, -0.05) is 0 Å². The van der Waals surface area contributed by atoms with Crippen molar-refractivity contribution in [1.82, 2.24) is 14.8 Å². The molecule has 0 bridgehead atoms. The Balaban J connectivity index is 1.26. The van der Waals surface area contributed by atoms with E-state index in [2.05, 4.69) is 4.98 Å². The summed E-state index contributed by atoms with van der Waals surface area (Å²) in [6.45, 7) is 1.70. The number of piperazine rings is 1. The number of aromatic nitrogens is 1. The largest absolute Gasteiger partial charge is 0.436 e. The Morgan fingerprint density at radius 2 is 1.67 bits per heavy atom. The van der Waals surface area contributed by atoms with E-state index in [1.807, 2.05) is 0 Å². The van der Waals surface area contributed by atoms with Crippen molar-refractivity contribution in [2.75, 3.05) is 26.2 Å². The van der Waals surface area contributed by atoms with Gasteiger partial charge in [-0.05, 0) is 49.2 Å². The van der Waals surface area contributed by atoms with Crippen molar-refractivity contribution in [2.24, 2.45) is 0 Å². The Bertz CT molecular complexity index is 1130. The van der Waals surface area contributed by atoms with Gasteiger partial charge in [-0.15, -0.1) is 0 Å². The lowest BCUT2D eigenvalue weighted by Crippen LogP contribution is -2.53. The Morgan fingerprint density at radius 3 is 2.33 bits per heavy atom. The van der Waals surface area contributed by atoms with Gasteiger partial charge in [0.25, 0.3) is 11.8 Å². The summed E-state index contributed by atoms with van der Waals surface area (Å²) in [5.41, 5.74) is 0.986. The third-order valence-corrected chi connectivity index (χ3v) is 5.70. The molecule has 7 nitrogen and oxygen atoms in total. The summed E-state index contributed by atoms with van der Waals surface area (Å²) in [5.74, 6) is -0.355. The zero-order valence-electron chi connectivity index (χ0n) is 16.2. The summed E-state index contributed by atoms with van der Waals surface area (Å²) in [4.78, 5) is 32.7. The molecule has 3 aromatic rings. The summed E-state index contributed by atoms with van der Waals surface area (Å²) in [7, 11) is 0. The predicted molar refractivity (Wildman–Crippen MR) is 106 cm³/mol. The van der Waals surface area contributed by atoms with E-state index >= 15 is 0 Å². The highest BCUT2D eigenvalue weighted by Crippen LogP contribution is 2.37. The molecule has 0 atom stereocenters. The number of rotatable bonds is 3. The zero-order chi connectivity index (χ0) is 20.9. The maximum Gasteiger partial charge on any atom is 0.254 e. The zero-order valence-corrected chi connectivity index (χ0v) is 16.2. The molecule has 1 saturated carbocycles. The van der Waals surface area contributed by atoms with E-state index in [1.54, 1.807) is 34.1 Å². The first kappa shape index (κ1) is 18.7. The van der Waals surface area contributed by atoms with Gasteiger partial charge in [-0.3, -0.25) is 9.59 Å². The first-order valence-electron chi connectivity index (χ1n) is 9.90. The fourth-order valence-electron chi connectivity index (χ4n) is 3.70. The van der Waals surface area contributed by atoms with Crippen LogP contribution in [0.3, 0.4) is 0 Å². The number of oxazole rings is 1. The lowest BCUT2D eigenvalue weighted by molar-refractivity contribution is -0.143. The Morgan fingerprint density at radius 1 is 1.00 bits per heavy atom. The van der Waals surface area contributed by atoms with Crippen LogP contribution in [0.4, 0.5) is 4.39 Å². The maximum atomic E-state index is 13.3. The van der Waals surface area contributed by atoms with Gasteiger partial charge in [-0.25, -0.2) is 9.37 Å². The van der Waals surface area contributed by atoms with Crippen molar-refractivity contribution in [3.05, 3.63) is 53.8 Å². The van der Waals surface area contributed by atoms with Crippen molar-refractivity contribution >= 4 is 22.9 Å². The van der Waals surface area contributed by atoms with Crippen LogP contribution in [0.15, 0.2) is 46.9 Å². The monoisotopic (exact) mass is 409 g/mol. The van der Waals surface area contributed by atoms with Gasteiger partial charge in [0.1, 0.15) is 16.9 Å². The van der Waals surface area contributed by atoms with E-state index in [1.165, 1.54) is 18.2 Å². The normalized spacial score (nSPS) is 17.9. The second kappa shape index (κ2) is 6.91. The number of aliphatic hydroxyl groups is 1. The summed E-state index contributed by atoms with van der Waals surface area (Å²) in [6, 6.07) is 11.1. The quantitative estimate of drug-likeness (QED) is 0.718. The van der Waals surface area contributed by atoms with E-state index in [0.29, 0.717) is 67.1 Å². The molecule has 1 aliphatic heterocycles. The minimum absolute atomic E-state index is 0.113. The first-order chi connectivity index (χ1) is 14.4. The molecular formula is C22H20FN3O4. The second-order valence-electron chi connectivity index (χ2n) is 7.82. The number of nitrogens with zero attached hydrogens (tertiary/aromatic N) is 3. The van der Waals surface area contributed by atoms with Crippen LogP contribution in [0.5, 0.6) is 0 Å². The molecule has 0 unspecified atom stereocenters. The molecule has 5 rings (SSSR count). The molecule has 1 N–H and O–H groups in total. The molecular weight excluding hydrogens is 389 g/mol. The fourth-order valence-corrected chi connectivity index (χ4v) is 3.70. The van der Waals surface area contributed by atoms with E-state index in [4.69, 9.17) is 4.42 Å². The van der Waals surface area contributed by atoms with Crippen LogP contribution in [0.1, 0.15) is 23.2 Å².